The number of hydrogen-bond acceptors (Lipinski definition) is 10. The monoisotopic (exact) mass is 646 g/mol. The molecule has 246 valence electrons. The number of alkyl halides is 2. The predicted molar refractivity (Wildman–Crippen MR) is 145 cm³/mol. The first-order valence-electron chi connectivity index (χ1n) is 15.7. The molecule has 7 aliphatic rings. The van der Waals surface area contributed by atoms with Gasteiger partial charge in [-0.05, 0) is 83.0 Å². The summed E-state index contributed by atoms with van der Waals surface area (Å²) in [5.41, 5.74) is -0.786. The van der Waals surface area contributed by atoms with E-state index in [2.05, 4.69) is 4.74 Å². The van der Waals surface area contributed by atoms with Crippen LogP contribution in [0.1, 0.15) is 85.0 Å². The van der Waals surface area contributed by atoms with Crippen molar-refractivity contribution in [3.05, 3.63) is 0 Å². The summed E-state index contributed by atoms with van der Waals surface area (Å²) >= 11 is 0. The second kappa shape index (κ2) is 10.6. The number of carbonyl (C=O) groups excluding carboxylic acids is 4. The van der Waals surface area contributed by atoms with Crippen LogP contribution in [0, 0.1) is 46.8 Å². The van der Waals surface area contributed by atoms with E-state index >= 15 is 0 Å². The quantitative estimate of drug-likeness (QED) is 0.197. The van der Waals surface area contributed by atoms with E-state index in [0.29, 0.717) is 37.5 Å². The van der Waals surface area contributed by atoms with Gasteiger partial charge >= 0.3 is 39.2 Å². The van der Waals surface area contributed by atoms with Gasteiger partial charge in [0.15, 0.2) is 6.10 Å². The fourth-order valence-electron chi connectivity index (χ4n) is 10.0. The van der Waals surface area contributed by atoms with Crippen molar-refractivity contribution >= 4 is 34.0 Å². The van der Waals surface area contributed by atoms with Gasteiger partial charge in [0.2, 0.25) is 0 Å². The maximum absolute atomic E-state index is 14.0. The summed E-state index contributed by atoms with van der Waals surface area (Å²) < 4.78 is 79.8. The minimum absolute atomic E-state index is 0.0915. The Kier molecular flexibility index (Phi) is 7.62. The smallest absolute Gasteiger partial charge is 0.405 e. The van der Waals surface area contributed by atoms with E-state index in [4.69, 9.17) is 18.8 Å². The highest BCUT2D eigenvalue weighted by Gasteiger charge is 2.71. The second-order valence-corrected chi connectivity index (χ2v) is 15.8. The Morgan fingerprint density at radius 1 is 1.02 bits per heavy atom. The number of rotatable bonds is 11. The number of ether oxygens (including phenoxy) is 4. The van der Waals surface area contributed by atoms with Gasteiger partial charge in [0.1, 0.15) is 17.8 Å². The van der Waals surface area contributed by atoms with E-state index in [1.165, 1.54) is 19.3 Å². The third-order valence-electron chi connectivity index (χ3n) is 11.9. The van der Waals surface area contributed by atoms with Crippen LogP contribution in [-0.2, 0) is 48.2 Å². The molecule has 0 aromatic carbocycles. The standard InChI is InChI=1S/C30H40F2O11S/c1-4-28(3,29-11-15-7-16(12-29)9-17(8-15)13-29)43-27(36)23-19-10-18-22(23)26(35)42-25(18)24(19)41-21(34)6-5-20(33)40-14(2)30(31,32)44(37,38)39/h14-19,22-25H,4-13H2,1-3H3,(H,37,38,39). The molecule has 6 bridgehead atoms. The molecule has 14 heteroatoms. The number of esters is 4. The Bertz CT molecular complexity index is 1310. The summed E-state index contributed by atoms with van der Waals surface area (Å²) in [6.07, 6.45) is 2.48. The van der Waals surface area contributed by atoms with E-state index in [1.54, 1.807) is 0 Å². The van der Waals surface area contributed by atoms with E-state index in [0.717, 1.165) is 19.3 Å². The van der Waals surface area contributed by atoms with Crippen molar-refractivity contribution in [2.24, 2.45) is 46.8 Å². The molecule has 0 radical (unpaired) electrons. The first-order valence-corrected chi connectivity index (χ1v) is 17.1. The van der Waals surface area contributed by atoms with Crippen LogP contribution >= 0.6 is 0 Å². The molecule has 44 heavy (non-hydrogen) atoms. The van der Waals surface area contributed by atoms with Gasteiger partial charge in [0.05, 0.1) is 24.7 Å². The number of halogens is 2. The molecule has 6 aliphatic carbocycles. The van der Waals surface area contributed by atoms with Gasteiger partial charge in [-0.15, -0.1) is 0 Å². The third-order valence-corrected chi connectivity index (χ3v) is 12.9. The van der Waals surface area contributed by atoms with Gasteiger partial charge < -0.3 is 18.9 Å². The minimum atomic E-state index is -5.83. The molecule has 7 fully saturated rings. The fourth-order valence-corrected chi connectivity index (χ4v) is 10.5. The zero-order valence-electron chi connectivity index (χ0n) is 25.0. The van der Waals surface area contributed by atoms with Gasteiger partial charge in [-0.3, -0.25) is 23.7 Å². The van der Waals surface area contributed by atoms with Crippen molar-refractivity contribution in [2.75, 3.05) is 0 Å². The van der Waals surface area contributed by atoms with Crippen molar-refractivity contribution in [1.82, 2.24) is 0 Å². The van der Waals surface area contributed by atoms with Crippen LogP contribution < -0.4 is 0 Å². The molecular weight excluding hydrogens is 606 g/mol. The summed E-state index contributed by atoms with van der Waals surface area (Å²) in [6, 6.07) is 0. The molecule has 0 amide bonds. The molecule has 1 saturated heterocycles. The van der Waals surface area contributed by atoms with Crippen molar-refractivity contribution in [1.29, 1.82) is 0 Å². The summed E-state index contributed by atoms with van der Waals surface area (Å²) in [7, 11) is -5.83. The number of fused-ring (bicyclic) bond motifs is 1. The van der Waals surface area contributed by atoms with Crippen molar-refractivity contribution < 1.29 is 59.9 Å². The minimum Gasteiger partial charge on any atom is -0.459 e. The van der Waals surface area contributed by atoms with Crippen LogP contribution in [0.2, 0.25) is 0 Å². The first kappa shape index (κ1) is 31.6. The molecule has 1 N–H and O–H groups in total. The first-order chi connectivity index (χ1) is 20.5. The number of hydrogen-bond donors (Lipinski definition) is 1. The fraction of sp³-hybridized carbons (Fsp3) is 0.867. The third kappa shape index (κ3) is 4.93. The molecule has 0 aromatic heterocycles. The Balaban J connectivity index is 1.10. The largest absolute Gasteiger partial charge is 0.459 e. The Labute approximate surface area is 254 Å². The van der Waals surface area contributed by atoms with E-state index in [9.17, 15) is 36.4 Å². The van der Waals surface area contributed by atoms with Crippen LogP contribution in [-0.4, -0.2) is 66.0 Å². The molecular formula is C30H40F2O11S. The van der Waals surface area contributed by atoms with Gasteiger partial charge in [-0.1, -0.05) is 6.92 Å². The van der Waals surface area contributed by atoms with Crippen LogP contribution in [0.3, 0.4) is 0 Å². The Morgan fingerprint density at radius 2 is 1.59 bits per heavy atom. The predicted octanol–water partition coefficient (Wildman–Crippen LogP) is 3.83. The van der Waals surface area contributed by atoms with Gasteiger partial charge in [0, 0.05) is 17.3 Å². The van der Waals surface area contributed by atoms with Crippen molar-refractivity contribution in [3.8, 4) is 0 Å². The Hall–Kier alpha value is -2.35. The SMILES string of the molecule is CCC(C)(OC(=O)C1C2CC3C(OC(=O)C31)C2OC(=O)CCC(=O)OC(C)C(F)(F)S(=O)(=O)O)C12CC3CC(CC(C3)C1)C2. The molecule has 6 saturated carbocycles. The lowest BCUT2D eigenvalue weighted by molar-refractivity contribution is -0.212. The van der Waals surface area contributed by atoms with Crippen LogP contribution in [0.4, 0.5) is 8.78 Å². The normalized spacial score (nSPS) is 40.3. The molecule has 0 aromatic rings. The zero-order chi connectivity index (χ0) is 32.0. The topological polar surface area (TPSA) is 160 Å². The van der Waals surface area contributed by atoms with Crippen molar-refractivity contribution in [3.63, 3.8) is 0 Å². The van der Waals surface area contributed by atoms with Gasteiger partial charge in [0.25, 0.3) is 0 Å². The molecule has 0 spiro atoms. The van der Waals surface area contributed by atoms with E-state index < -0.39 is 93.8 Å². The molecule has 11 nitrogen and oxygen atoms in total. The second-order valence-electron chi connectivity index (χ2n) is 14.3. The highest BCUT2D eigenvalue weighted by molar-refractivity contribution is 7.86. The van der Waals surface area contributed by atoms with Crippen LogP contribution in [0.15, 0.2) is 0 Å². The summed E-state index contributed by atoms with van der Waals surface area (Å²) in [5, 5.41) is -4.73. The average molecular weight is 647 g/mol. The van der Waals surface area contributed by atoms with E-state index in [-0.39, 0.29) is 11.3 Å². The maximum Gasteiger partial charge on any atom is 0.405 e. The van der Waals surface area contributed by atoms with Gasteiger partial charge in [-0.25, -0.2) is 0 Å². The maximum atomic E-state index is 14.0. The lowest BCUT2D eigenvalue weighted by atomic mass is 9.45. The Morgan fingerprint density at radius 3 is 2.14 bits per heavy atom. The zero-order valence-corrected chi connectivity index (χ0v) is 25.9. The van der Waals surface area contributed by atoms with Crippen LogP contribution in [0.25, 0.3) is 0 Å². The van der Waals surface area contributed by atoms with Gasteiger partial charge in [-0.2, -0.15) is 17.2 Å². The van der Waals surface area contributed by atoms with Crippen molar-refractivity contribution in [2.45, 2.75) is 114 Å². The van der Waals surface area contributed by atoms with Crippen LogP contribution in [0.5, 0.6) is 0 Å². The lowest BCUT2D eigenvalue weighted by Crippen LogP contribution is -2.59. The molecule has 8 unspecified atom stereocenters. The molecule has 7 rings (SSSR count). The lowest BCUT2D eigenvalue weighted by Gasteiger charge is -2.62. The molecule has 1 heterocycles. The average Bonchev–Trinajstić information content (AvgIpc) is 3.54. The van der Waals surface area contributed by atoms with E-state index in [1.807, 2.05) is 13.8 Å². The highest BCUT2D eigenvalue weighted by atomic mass is 32.2. The highest BCUT2D eigenvalue weighted by Crippen LogP contribution is 2.66. The molecule has 1 aliphatic heterocycles. The summed E-state index contributed by atoms with van der Waals surface area (Å²) in [4.78, 5) is 51.6. The number of carbonyl (C=O) groups is 4. The summed E-state index contributed by atoms with van der Waals surface area (Å²) in [5.74, 6) is -3.57. The summed E-state index contributed by atoms with van der Waals surface area (Å²) in [6.45, 7) is 4.66. The molecule has 8 atom stereocenters.